The van der Waals surface area contributed by atoms with E-state index in [0.29, 0.717) is 52.4 Å². The van der Waals surface area contributed by atoms with E-state index in [1.54, 1.807) is 12.4 Å². The van der Waals surface area contributed by atoms with Gasteiger partial charge in [0.15, 0.2) is 0 Å². The predicted molar refractivity (Wildman–Crippen MR) is 134 cm³/mol. The minimum absolute atomic E-state index is 0.0330. The van der Waals surface area contributed by atoms with E-state index >= 15 is 0 Å². The Morgan fingerprint density at radius 1 is 1.18 bits per heavy atom. The summed E-state index contributed by atoms with van der Waals surface area (Å²) in [7, 11) is 0. The number of rotatable bonds is 6. The molecule has 0 aliphatic carbocycles. The molecule has 33 heavy (non-hydrogen) atoms. The lowest BCUT2D eigenvalue weighted by molar-refractivity contribution is 0.266. The Hall–Kier alpha value is -2.97. The fraction of sp³-hybridized carbons (Fsp3) is 0.333. The number of fused-ring (bicyclic) bond motifs is 1. The van der Waals surface area contributed by atoms with Gasteiger partial charge in [-0.2, -0.15) is 0 Å². The molecule has 172 valence electrons. The van der Waals surface area contributed by atoms with Crippen LogP contribution in [-0.4, -0.2) is 20.7 Å². The van der Waals surface area contributed by atoms with Crippen LogP contribution in [0.2, 0.25) is 5.02 Å². The highest BCUT2D eigenvalue weighted by molar-refractivity contribution is 7.71. The number of hydrogen-bond acceptors (Lipinski definition) is 6. The van der Waals surface area contributed by atoms with Crippen molar-refractivity contribution < 1.29 is 0 Å². The van der Waals surface area contributed by atoms with Crippen LogP contribution in [0.4, 0.5) is 5.69 Å². The average Bonchev–Trinajstić information content (AvgIpc) is 2.79. The van der Waals surface area contributed by atoms with Crippen molar-refractivity contribution in [3.05, 3.63) is 80.3 Å². The summed E-state index contributed by atoms with van der Waals surface area (Å²) in [5.41, 5.74) is 2.99. The van der Waals surface area contributed by atoms with Crippen LogP contribution in [0.1, 0.15) is 26.3 Å². The highest BCUT2D eigenvalue weighted by Crippen LogP contribution is 2.18. The molecule has 3 aromatic rings. The Labute approximate surface area is 203 Å². The predicted octanol–water partition coefficient (Wildman–Crippen LogP) is 3.19. The van der Waals surface area contributed by atoms with Crippen LogP contribution < -0.4 is 27.0 Å². The summed E-state index contributed by atoms with van der Waals surface area (Å²) in [6, 6.07) is 11.5. The molecule has 0 unspecified atom stereocenters. The summed E-state index contributed by atoms with van der Waals surface area (Å²) in [5.74, 6) is 0.673. The summed E-state index contributed by atoms with van der Waals surface area (Å²) in [6.07, 6.45) is 3.45. The minimum atomic E-state index is -0.0330. The zero-order chi connectivity index (χ0) is 23.6. The van der Waals surface area contributed by atoms with Crippen molar-refractivity contribution in [1.29, 1.82) is 5.41 Å². The first kappa shape index (κ1) is 23.2. The Bertz CT molecular complexity index is 1390. The van der Waals surface area contributed by atoms with Crippen molar-refractivity contribution in [2.75, 3.05) is 11.9 Å². The first-order valence-electron chi connectivity index (χ1n) is 10.9. The van der Waals surface area contributed by atoms with E-state index in [2.05, 4.69) is 36.4 Å². The topological polar surface area (TPSA) is 83.0 Å². The van der Waals surface area contributed by atoms with Gasteiger partial charge >= 0.3 is 0 Å². The van der Waals surface area contributed by atoms with Crippen LogP contribution in [0.15, 0.2) is 53.8 Å². The van der Waals surface area contributed by atoms with E-state index in [1.165, 1.54) is 0 Å². The summed E-state index contributed by atoms with van der Waals surface area (Å²) in [5, 5.41) is 17.4. The van der Waals surface area contributed by atoms with Gasteiger partial charge in [-0.15, -0.1) is 0 Å². The molecule has 4 rings (SSSR count). The minimum Gasteiger partial charge on any atom is -0.367 e. The SMILES string of the molecule is CCn1c(=S)/c(=C(/NCc2ccc(Cl)cc2)Nc2ccncc2)c(=N)n2c1=NCC(C)(C)C2. The Morgan fingerprint density at radius 2 is 1.88 bits per heavy atom. The van der Waals surface area contributed by atoms with Gasteiger partial charge in [0.25, 0.3) is 0 Å². The largest absolute Gasteiger partial charge is 0.367 e. The molecule has 3 N–H and O–H groups in total. The van der Waals surface area contributed by atoms with Gasteiger partial charge in [-0.25, -0.2) is 0 Å². The molecule has 0 spiro atoms. The van der Waals surface area contributed by atoms with Crippen molar-refractivity contribution in [2.24, 2.45) is 10.4 Å². The monoisotopic (exact) mass is 481 g/mol. The molecule has 1 aromatic carbocycles. The molecule has 1 aliphatic heterocycles. The third-order valence-electron chi connectivity index (χ3n) is 5.58. The van der Waals surface area contributed by atoms with E-state index in [4.69, 9.17) is 34.2 Å². The molecule has 3 heterocycles. The van der Waals surface area contributed by atoms with Crippen molar-refractivity contribution in [3.8, 4) is 0 Å². The molecule has 2 aromatic heterocycles. The lowest BCUT2D eigenvalue weighted by atomic mass is 9.93. The molecule has 0 radical (unpaired) electrons. The number of benzene rings is 1. The van der Waals surface area contributed by atoms with E-state index in [1.807, 2.05) is 45.5 Å². The van der Waals surface area contributed by atoms with Crippen LogP contribution >= 0.6 is 23.8 Å². The molecule has 0 saturated carbocycles. The lowest BCUT2D eigenvalue weighted by Gasteiger charge is -2.29. The van der Waals surface area contributed by atoms with E-state index in [-0.39, 0.29) is 5.41 Å². The van der Waals surface area contributed by atoms with Gasteiger partial charge in [0.2, 0.25) is 5.62 Å². The molecule has 0 amide bonds. The number of aromatic nitrogens is 3. The molecule has 1 aliphatic rings. The maximum Gasteiger partial charge on any atom is 0.207 e. The second-order valence-corrected chi connectivity index (χ2v) is 9.68. The Morgan fingerprint density at radius 3 is 2.55 bits per heavy atom. The van der Waals surface area contributed by atoms with Crippen LogP contribution in [0.3, 0.4) is 0 Å². The fourth-order valence-corrected chi connectivity index (χ4v) is 4.40. The van der Waals surface area contributed by atoms with Crippen molar-refractivity contribution in [1.82, 2.24) is 19.4 Å². The zero-order valence-electron chi connectivity index (χ0n) is 19.0. The number of pyridine rings is 1. The summed E-state index contributed by atoms with van der Waals surface area (Å²) >= 11 is 11.9. The van der Waals surface area contributed by atoms with Crippen molar-refractivity contribution in [2.45, 2.75) is 40.4 Å². The Kier molecular flexibility index (Phi) is 6.67. The summed E-state index contributed by atoms with van der Waals surface area (Å²) in [6.45, 7) is 9.02. The number of hydrogen-bond donors (Lipinski definition) is 3. The smallest absolute Gasteiger partial charge is 0.207 e. The van der Waals surface area contributed by atoms with Gasteiger partial charge in [0.05, 0.1) is 5.22 Å². The van der Waals surface area contributed by atoms with Gasteiger partial charge < -0.3 is 15.2 Å². The molecule has 0 saturated heterocycles. The van der Waals surface area contributed by atoms with Crippen molar-refractivity contribution in [3.63, 3.8) is 0 Å². The summed E-state index contributed by atoms with van der Waals surface area (Å²) in [4.78, 5) is 8.90. The standard InChI is InChI=1S/C24H28ClN7S/c1-4-31-22(33)19(20(26)32-15-24(2,3)14-29-23(31)32)21(30-18-9-11-27-12-10-18)28-13-16-5-7-17(25)8-6-16/h5-12,26,28H,4,13-15H2,1-3H3,(H,27,30)/b21-19-,26-20?. The fourth-order valence-electron chi connectivity index (χ4n) is 3.87. The molecule has 0 bridgehead atoms. The first-order chi connectivity index (χ1) is 15.8. The molecule has 9 heteroatoms. The van der Waals surface area contributed by atoms with Crippen LogP contribution in [0.25, 0.3) is 5.82 Å². The maximum atomic E-state index is 9.11. The molecular weight excluding hydrogens is 454 g/mol. The average molecular weight is 482 g/mol. The number of halogens is 1. The van der Waals surface area contributed by atoms with Gasteiger partial charge in [0, 0.05) is 54.7 Å². The zero-order valence-corrected chi connectivity index (χ0v) is 20.6. The quantitative estimate of drug-likeness (QED) is 0.472. The molecular formula is C24H28ClN7S. The maximum absolute atomic E-state index is 9.11. The first-order valence-corrected chi connectivity index (χ1v) is 11.7. The van der Waals surface area contributed by atoms with E-state index < -0.39 is 0 Å². The number of nitrogens with zero attached hydrogens (tertiary/aromatic N) is 4. The third kappa shape index (κ3) is 5.02. The lowest BCUT2D eigenvalue weighted by Crippen LogP contribution is -2.55. The van der Waals surface area contributed by atoms with Gasteiger partial charge in [-0.3, -0.25) is 20.0 Å². The third-order valence-corrected chi connectivity index (χ3v) is 6.26. The van der Waals surface area contributed by atoms with Gasteiger partial charge in [-0.1, -0.05) is 49.8 Å². The highest BCUT2D eigenvalue weighted by Gasteiger charge is 2.24. The number of anilines is 1. The van der Waals surface area contributed by atoms with E-state index in [0.717, 1.165) is 16.9 Å². The second-order valence-electron chi connectivity index (χ2n) is 8.86. The molecule has 0 fully saturated rings. The van der Waals surface area contributed by atoms with Crippen LogP contribution in [0.5, 0.6) is 0 Å². The van der Waals surface area contributed by atoms with Crippen LogP contribution in [0, 0.1) is 15.5 Å². The highest BCUT2D eigenvalue weighted by atomic mass is 35.5. The number of nitrogens with one attached hydrogen (secondary N) is 3. The van der Waals surface area contributed by atoms with Crippen molar-refractivity contribution >= 4 is 35.3 Å². The van der Waals surface area contributed by atoms with Gasteiger partial charge in [-0.05, 0) is 36.8 Å². The molecule has 0 atom stereocenters. The van der Waals surface area contributed by atoms with Crippen LogP contribution in [-0.2, 0) is 19.6 Å². The molecule has 7 nitrogen and oxygen atoms in total. The van der Waals surface area contributed by atoms with E-state index in [9.17, 15) is 0 Å². The van der Waals surface area contributed by atoms with Gasteiger partial charge in [0.1, 0.15) is 15.9 Å². The normalized spacial score (nSPS) is 15.3. The Balaban J connectivity index is 1.93. The summed E-state index contributed by atoms with van der Waals surface area (Å²) < 4.78 is 4.56. The second kappa shape index (κ2) is 9.49.